The number of amides is 4. The highest BCUT2D eigenvalue weighted by molar-refractivity contribution is 6.05. The first-order chi connectivity index (χ1) is 15.1. The molecule has 4 rings (SSSR count). The van der Waals surface area contributed by atoms with Gasteiger partial charge >= 0.3 is 6.03 Å². The van der Waals surface area contributed by atoms with Gasteiger partial charge in [-0.15, -0.1) is 0 Å². The quantitative estimate of drug-likeness (QED) is 0.365. The number of carbonyl (C=O) groups excluding carboxylic acids is 3. The van der Waals surface area contributed by atoms with Gasteiger partial charge in [-0.25, -0.2) is 9.78 Å². The number of imidazole rings is 1. The summed E-state index contributed by atoms with van der Waals surface area (Å²) in [6, 6.07) is 16.2. The topological polar surface area (TPSA) is 107 Å². The number of nitrogens with one attached hydrogen (secondary N) is 3. The fourth-order valence-electron chi connectivity index (χ4n) is 3.68. The molecule has 31 heavy (non-hydrogen) atoms. The van der Waals surface area contributed by atoms with Gasteiger partial charge in [0.2, 0.25) is 5.91 Å². The van der Waals surface area contributed by atoms with Gasteiger partial charge in [0.1, 0.15) is 11.9 Å². The maximum absolute atomic E-state index is 12.5. The summed E-state index contributed by atoms with van der Waals surface area (Å²) in [5.41, 5.74) is 2.97. The van der Waals surface area contributed by atoms with Crippen LogP contribution in [0.4, 0.5) is 4.79 Å². The van der Waals surface area contributed by atoms with E-state index in [1.807, 2.05) is 54.6 Å². The van der Waals surface area contributed by atoms with E-state index in [1.165, 1.54) is 4.90 Å². The van der Waals surface area contributed by atoms with Crippen LogP contribution in [0.25, 0.3) is 11.0 Å². The van der Waals surface area contributed by atoms with Crippen LogP contribution in [-0.2, 0) is 22.4 Å². The van der Waals surface area contributed by atoms with Crippen LogP contribution in [0.1, 0.15) is 24.2 Å². The van der Waals surface area contributed by atoms with Crippen LogP contribution < -0.4 is 10.6 Å². The van der Waals surface area contributed by atoms with Crippen molar-refractivity contribution < 1.29 is 14.4 Å². The summed E-state index contributed by atoms with van der Waals surface area (Å²) in [6.07, 6.45) is 1.96. The van der Waals surface area contributed by atoms with Crippen molar-refractivity contribution in [1.82, 2.24) is 25.5 Å². The Morgan fingerprint density at radius 2 is 1.81 bits per heavy atom. The van der Waals surface area contributed by atoms with Crippen molar-refractivity contribution in [3.05, 3.63) is 66.0 Å². The number of aromatic nitrogens is 2. The van der Waals surface area contributed by atoms with Gasteiger partial charge < -0.3 is 15.6 Å². The van der Waals surface area contributed by atoms with Crippen LogP contribution in [0.3, 0.4) is 0 Å². The number of aryl methyl sites for hydroxylation is 1. The highest BCUT2D eigenvalue weighted by Crippen LogP contribution is 2.12. The highest BCUT2D eigenvalue weighted by atomic mass is 16.2. The van der Waals surface area contributed by atoms with Crippen molar-refractivity contribution in [1.29, 1.82) is 0 Å². The number of urea groups is 1. The molecule has 1 aliphatic heterocycles. The molecule has 3 N–H and O–H groups in total. The molecule has 0 bridgehead atoms. The van der Waals surface area contributed by atoms with E-state index >= 15 is 0 Å². The average molecular weight is 419 g/mol. The number of fused-ring (bicyclic) bond motifs is 1. The number of nitrogens with zero attached hydrogens (tertiary/aromatic N) is 2. The van der Waals surface area contributed by atoms with Crippen LogP contribution in [0.5, 0.6) is 0 Å². The number of benzene rings is 2. The average Bonchev–Trinajstić information content (AvgIpc) is 3.30. The predicted molar refractivity (Wildman–Crippen MR) is 116 cm³/mol. The maximum atomic E-state index is 12.5. The molecule has 0 spiro atoms. The fourth-order valence-corrected chi connectivity index (χ4v) is 3.68. The lowest BCUT2D eigenvalue weighted by molar-refractivity contribution is -0.130. The lowest BCUT2D eigenvalue weighted by Gasteiger charge is -2.13. The Labute approximate surface area is 180 Å². The van der Waals surface area contributed by atoms with Crippen LogP contribution >= 0.6 is 0 Å². The third-order valence-corrected chi connectivity index (χ3v) is 5.31. The van der Waals surface area contributed by atoms with Crippen LogP contribution in [0.2, 0.25) is 0 Å². The van der Waals surface area contributed by atoms with Crippen LogP contribution in [-0.4, -0.2) is 51.8 Å². The Morgan fingerprint density at radius 1 is 1.03 bits per heavy atom. The summed E-state index contributed by atoms with van der Waals surface area (Å²) in [5.74, 6) is 0.272. The van der Waals surface area contributed by atoms with Crippen molar-refractivity contribution in [3.8, 4) is 0 Å². The Morgan fingerprint density at radius 3 is 2.61 bits per heavy atom. The second kappa shape index (κ2) is 9.42. The van der Waals surface area contributed by atoms with Gasteiger partial charge in [-0.3, -0.25) is 14.5 Å². The van der Waals surface area contributed by atoms with Gasteiger partial charge in [0.15, 0.2) is 0 Å². The molecule has 2 aromatic carbocycles. The molecule has 1 fully saturated rings. The molecular formula is C23H25N5O3. The van der Waals surface area contributed by atoms with E-state index in [-0.39, 0.29) is 18.2 Å². The van der Waals surface area contributed by atoms with Crippen molar-refractivity contribution in [3.63, 3.8) is 0 Å². The Bertz CT molecular complexity index is 1050. The zero-order valence-electron chi connectivity index (χ0n) is 17.1. The number of rotatable bonds is 9. The van der Waals surface area contributed by atoms with E-state index in [0.717, 1.165) is 28.8 Å². The monoisotopic (exact) mass is 419 g/mol. The summed E-state index contributed by atoms with van der Waals surface area (Å²) >= 11 is 0. The molecule has 160 valence electrons. The molecule has 1 aliphatic rings. The minimum atomic E-state index is -0.807. The molecule has 1 saturated heterocycles. The lowest BCUT2D eigenvalue weighted by atomic mass is 10.1. The zero-order chi connectivity index (χ0) is 21.6. The number of para-hydroxylation sites is 2. The van der Waals surface area contributed by atoms with Crippen molar-refractivity contribution in [2.24, 2.45) is 0 Å². The molecule has 0 radical (unpaired) electrons. The number of hydrogen-bond acceptors (Lipinski definition) is 4. The normalized spacial score (nSPS) is 16.0. The summed E-state index contributed by atoms with van der Waals surface area (Å²) in [5, 5.41) is 5.43. The molecule has 1 unspecified atom stereocenters. The first kappa shape index (κ1) is 20.6. The van der Waals surface area contributed by atoms with E-state index in [4.69, 9.17) is 0 Å². The molecule has 3 aromatic rings. The lowest BCUT2D eigenvalue weighted by Crippen LogP contribution is -2.37. The van der Waals surface area contributed by atoms with E-state index in [9.17, 15) is 14.4 Å². The number of hydrogen-bond donors (Lipinski definition) is 3. The number of aromatic amines is 1. The van der Waals surface area contributed by atoms with E-state index < -0.39 is 12.1 Å². The Hall–Kier alpha value is -3.68. The standard InChI is InChI=1S/C23H25N5O3/c29-21(24-13-6-11-20-25-17-9-4-5-10-18(17)26-20)15-19-22(30)28(23(31)27-19)14-12-16-7-2-1-3-8-16/h1-5,7-10,19H,6,11-15H2,(H,24,29)(H,25,26)(H,27,31). The summed E-state index contributed by atoms with van der Waals surface area (Å²) in [4.78, 5) is 45.9. The van der Waals surface area contributed by atoms with Crippen molar-refractivity contribution in [2.75, 3.05) is 13.1 Å². The summed E-state index contributed by atoms with van der Waals surface area (Å²) < 4.78 is 0. The van der Waals surface area contributed by atoms with E-state index in [2.05, 4.69) is 20.6 Å². The summed E-state index contributed by atoms with van der Waals surface area (Å²) in [7, 11) is 0. The molecule has 0 saturated carbocycles. The van der Waals surface area contributed by atoms with E-state index in [1.54, 1.807) is 0 Å². The van der Waals surface area contributed by atoms with Gasteiger partial charge in [-0.2, -0.15) is 0 Å². The third kappa shape index (κ3) is 5.09. The van der Waals surface area contributed by atoms with Gasteiger partial charge in [0, 0.05) is 19.5 Å². The number of imide groups is 1. The molecule has 8 nitrogen and oxygen atoms in total. The van der Waals surface area contributed by atoms with Crippen LogP contribution in [0.15, 0.2) is 54.6 Å². The number of carbonyl (C=O) groups is 3. The third-order valence-electron chi connectivity index (χ3n) is 5.31. The molecule has 2 heterocycles. The second-order valence-corrected chi connectivity index (χ2v) is 7.59. The zero-order valence-corrected chi connectivity index (χ0v) is 17.1. The fraction of sp³-hybridized carbons (Fsp3) is 0.304. The molecule has 1 aromatic heterocycles. The van der Waals surface area contributed by atoms with Crippen LogP contribution in [0, 0.1) is 0 Å². The Balaban J connectivity index is 1.19. The largest absolute Gasteiger partial charge is 0.356 e. The molecule has 1 atom stereocenters. The van der Waals surface area contributed by atoms with Gasteiger partial charge in [-0.05, 0) is 30.5 Å². The maximum Gasteiger partial charge on any atom is 0.324 e. The SMILES string of the molecule is O=C(CC1NC(=O)N(CCc2ccccc2)C1=O)NCCCc1nc2ccccc2[nH]1. The molecule has 0 aliphatic carbocycles. The summed E-state index contributed by atoms with van der Waals surface area (Å²) in [6.45, 7) is 0.771. The minimum absolute atomic E-state index is 0.0585. The predicted octanol–water partition coefficient (Wildman–Crippen LogP) is 2.16. The van der Waals surface area contributed by atoms with Crippen molar-refractivity contribution >= 4 is 28.9 Å². The van der Waals surface area contributed by atoms with Gasteiger partial charge in [0.25, 0.3) is 5.91 Å². The Kier molecular flexibility index (Phi) is 6.26. The van der Waals surface area contributed by atoms with Gasteiger partial charge in [0.05, 0.1) is 17.5 Å². The molecule has 4 amide bonds. The van der Waals surface area contributed by atoms with E-state index in [0.29, 0.717) is 25.9 Å². The smallest absolute Gasteiger partial charge is 0.324 e. The van der Waals surface area contributed by atoms with Crippen molar-refractivity contribution in [2.45, 2.75) is 31.7 Å². The van der Waals surface area contributed by atoms with Gasteiger partial charge in [-0.1, -0.05) is 42.5 Å². The second-order valence-electron chi connectivity index (χ2n) is 7.59. The molecule has 8 heteroatoms. The minimum Gasteiger partial charge on any atom is -0.356 e. The first-order valence-electron chi connectivity index (χ1n) is 10.5. The number of H-pyrrole nitrogens is 1. The highest BCUT2D eigenvalue weighted by Gasteiger charge is 2.38. The molecular weight excluding hydrogens is 394 g/mol. The first-order valence-corrected chi connectivity index (χ1v) is 10.5.